The highest BCUT2D eigenvalue weighted by molar-refractivity contribution is 5.18. The predicted octanol–water partition coefficient (Wildman–Crippen LogP) is 2.00. The maximum absolute atomic E-state index is 6.13. The van der Waals surface area contributed by atoms with Crippen LogP contribution in [0.1, 0.15) is 43.1 Å². The van der Waals surface area contributed by atoms with E-state index >= 15 is 0 Å². The van der Waals surface area contributed by atoms with Crippen molar-refractivity contribution < 1.29 is 4.42 Å². The van der Waals surface area contributed by atoms with Crippen molar-refractivity contribution >= 4 is 0 Å². The Morgan fingerprint density at radius 2 is 2.24 bits per heavy atom. The molecule has 1 atom stereocenters. The SMILES string of the molecule is Cc1ccoc1C(N)Cc1ncnn1C(C)C. The Hall–Kier alpha value is -1.62. The van der Waals surface area contributed by atoms with Gasteiger partial charge < -0.3 is 10.2 Å². The van der Waals surface area contributed by atoms with Crippen LogP contribution in [0.2, 0.25) is 0 Å². The number of furan rings is 1. The number of hydrogen-bond acceptors (Lipinski definition) is 4. The van der Waals surface area contributed by atoms with Gasteiger partial charge in [0.2, 0.25) is 0 Å². The van der Waals surface area contributed by atoms with E-state index < -0.39 is 0 Å². The van der Waals surface area contributed by atoms with Crippen molar-refractivity contribution in [1.29, 1.82) is 0 Å². The molecule has 0 saturated carbocycles. The van der Waals surface area contributed by atoms with Crippen LogP contribution in [0.3, 0.4) is 0 Å². The summed E-state index contributed by atoms with van der Waals surface area (Å²) in [5.41, 5.74) is 7.20. The van der Waals surface area contributed by atoms with Crippen molar-refractivity contribution in [3.63, 3.8) is 0 Å². The molecule has 5 nitrogen and oxygen atoms in total. The summed E-state index contributed by atoms with van der Waals surface area (Å²) in [6.07, 6.45) is 3.86. The fraction of sp³-hybridized carbons (Fsp3) is 0.500. The molecule has 0 amide bonds. The van der Waals surface area contributed by atoms with Crippen LogP contribution in [-0.2, 0) is 6.42 Å². The van der Waals surface area contributed by atoms with Gasteiger partial charge in [-0.05, 0) is 32.4 Å². The molecule has 2 rings (SSSR count). The smallest absolute Gasteiger partial charge is 0.138 e. The lowest BCUT2D eigenvalue weighted by Crippen LogP contribution is -2.18. The molecule has 0 aliphatic carbocycles. The highest BCUT2D eigenvalue weighted by atomic mass is 16.3. The lowest BCUT2D eigenvalue weighted by molar-refractivity contribution is 0.440. The fourth-order valence-electron chi connectivity index (χ4n) is 1.91. The molecule has 2 aromatic rings. The van der Waals surface area contributed by atoms with Gasteiger partial charge in [0.25, 0.3) is 0 Å². The fourth-order valence-corrected chi connectivity index (χ4v) is 1.91. The Balaban J connectivity index is 2.16. The minimum absolute atomic E-state index is 0.174. The maximum atomic E-state index is 6.13. The second-order valence-electron chi connectivity index (χ2n) is 4.49. The largest absolute Gasteiger partial charge is 0.467 e. The lowest BCUT2D eigenvalue weighted by atomic mass is 10.1. The molecular formula is C12H18N4O. The molecule has 5 heteroatoms. The standard InChI is InChI=1S/C12H18N4O/c1-8(2)16-11(14-7-15-16)6-10(13)12-9(3)4-5-17-12/h4-5,7-8,10H,6,13H2,1-3H3. The van der Waals surface area contributed by atoms with Crippen LogP contribution in [0.25, 0.3) is 0 Å². The Labute approximate surface area is 101 Å². The number of aromatic nitrogens is 3. The van der Waals surface area contributed by atoms with Gasteiger partial charge in [0.05, 0.1) is 12.3 Å². The van der Waals surface area contributed by atoms with Crippen molar-refractivity contribution in [3.05, 3.63) is 35.8 Å². The van der Waals surface area contributed by atoms with Crippen molar-refractivity contribution in [1.82, 2.24) is 14.8 Å². The Morgan fingerprint density at radius 3 is 2.82 bits per heavy atom. The van der Waals surface area contributed by atoms with Crippen LogP contribution in [0.15, 0.2) is 23.1 Å². The minimum Gasteiger partial charge on any atom is -0.467 e. The van der Waals surface area contributed by atoms with Gasteiger partial charge in [-0.15, -0.1) is 0 Å². The molecule has 0 saturated heterocycles. The van der Waals surface area contributed by atoms with E-state index in [9.17, 15) is 0 Å². The third-order valence-corrected chi connectivity index (χ3v) is 2.78. The van der Waals surface area contributed by atoms with Crippen LogP contribution in [0.4, 0.5) is 0 Å². The maximum Gasteiger partial charge on any atom is 0.138 e. The van der Waals surface area contributed by atoms with E-state index in [4.69, 9.17) is 10.2 Å². The summed E-state index contributed by atoms with van der Waals surface area (Å²) in [5.74, 6) is 1.71. The molecule has 0 aromatic carbocycles. The summed E-state index contributed by atoms with van der Waals surface area (Å²) in [6.45, 7) is 6.13. The van der Waals surface area contributed by atoms with Gasteiger partial charge in [0.1, 0.15) is 17.9 Å². The second kappa shape index (κ2) is 4.71. The van der Waals surface area contributed by atoms with Crippen LogP contribution in [0, 0.1) is 6.92 Å². The summed E-state index contributed by atoms with van der Waals surface area (Å²) < 4.78 is 7.28. The summed E-state index contributed by atoms with van der Waals surface area (Å²) in [7, 11) is 0. The molecule has 0 spiro atoms. The van der Waals surface area contributed by atoms with Crippen molar-refractivity contribution in [2.24, 2.45) is 5.73 Å². The zero-order chi connectivity index (χ0) is 12.4. The van der Waals surface area contributed by atoms with Crippen molar-refractivity contribution in [2.45, 2.75) is 39.3 Å². The summed E-state index contributed by atoms with van der Waals surface area (Å²) in [5, 5.41) is 4.19. The predicted molar refractivity (Wildman–Crippen MR) is 64.5 cm³/mol. The van der Waals surface area contributed by atoms with E-state index in [2.05, 4.69) is 23.9 Å². The Kier molecular flexibility index (Phi) is 3.28. The first kappa shape index (κ1) is 11.9. The topological polar surface area (TPSA) is 69.9 Å². The normalized spacial score (nSPS) is 13.2. The van der Waals surface area contributed by atoms with Gasteiger partial charge in [-0.3, -0.25) is 0 Å². The third-order valence-electron chi connectivity index (χ3n) is 2.78. The first-order chi connectivity index (χ1) is 8.09. The minimum atomic E-state index is -0.174. The summed E-state index contributed by atoms with van der Waals surface area (Å²) >= 11 is 0. The lowest BCUT2D eigenvalue weighted by Gasteiger charge is -2.13. The molecule has 92 valence electrons. The quantitative estimate of drug-likeness (QED) is 0.878. The molecule has 0 fully saturated rings. The van der Waals surface area contributed by atoms with Crippen molar-refractivity contribution in [3.8, 4) is 0 Å². The molecule has 2 heterocycles. The molecule has 17 heavy (non-hydrogen) atoms. The van der Waals surface area contributed by atoms with Gasteiger partial charge in [0.15, 0.2) is 0 Å². The summed E-state index contributed by atoms with van der Waals surface area (Å²) in [6, 6.07) is 2.03. The second-order valence-corrected chi connectivity index (χ2v) is 4.49. The molecule has 2 N–H and O–H groups in total. The first-order valence-corrected chi connectivity index (χ1v) is 5.77. The average Bonchev–Trinajstić information content (AvgIpc) is 2.86. The monoisotopic (exact) mass is 234 g/mol. The average molecular weight is 234 g/mol. The number of nitrogens with two attached hydrogens (primary N) is 1. The van der Waals surface area contributed by atoms with E-state index in [0.717, 1.165) is 17.1 Å². The van der Waals surface area contributed by atoms with Gasteiger partial charge in [0, 0.05) is 12.5 Å². The Bertz CT molecular complexity index is 486. The van der Waals surface area contributed by atoms with Crippen LogP contribution < -0.4 is 5.73 Å². The highest BCUT2D eigenvalue weighted by Crippen LogP contribution is 2.20. The van der Waals surface area contributed by atoms with E-state index in [0.29, 0.717) is 6.42 Å². The third kappa shape index (κ3) is 2.39. The number of nitrogens with zero attached hydrogens (tertiary/aromatic N) is 3. The molecule has 1 unspecified atom stereocenters. The van der Waals surface area contributed by atoms with Gasteiger partial charge >= 0.3 is 0 Å². The van der Waals surface area contributed by atoms with Crippen LogP contribution in [0.5, 0.6) is 0 Å². The number of hydrogen-bond donors (Lipinski definition) is 1. The molecule has 0 radical (unpaired) electrons. The van der Waals surface area contributed by atoms with E-state index in [1.165, 1.54) is 0 Å². The summed E-state index contributed by atoms with van der Waals surface area (Å²) in [4.78, 5) is 4.25. The zero-order valence-electron chi connectivity index (χ0n) is 10.4. The molecule has 2 aromatic heterocycles. The van der Waals surface area contributed by atoms with Crippen LogP contribution in [-0.4, -0.2) is 14.8 Å². The van der Waals surface area contributed by atoms with Gasteiger partial charge in [-0.25, -0.2) is 9.67 Å². The molecule has 0 aliphatic heterocycles. The molecule has 0 bridgehead atoms. The number of aryl methyl sites for hydroxylation is 1. The van der Waals surface area contributed by atoms with Crippen molar-refractivity contribution in [2.75, 3.05) is 0 Å². The van der Waals surface area contributed by atoms with E-state index in [-0.39, 0.29) is 12.1 Å². The highest BCUT2D eigenvalue weighted by Gasteiger charge is 2.17. The van der Waals surface area contributed by atoms with E-state index in [1.54, 1.807) is 12.6 Å². The van der Waals surface area contributed by atoms with Crippen LogP contribution >= 0.6 is 0 Å². The van der Waals surface area contributed by atoms with Gasteiger partial charge in [-0.1, -0.05) is 0 Å². The van der Waals surface area contributed by atoms with Gasteiger partial charge in [-0.2, -0.15) is 5.10 Å². The first-order valence-electron chi connectivity index (χ1n) is 5.77. The molecular weight excluding hydrogens is 216 g/mol. The van der Waals surface area contributed by atoms with E-state index in [1.807, 2.05) is 17.7 Å². The molecule has 0 aliphatic rings. The Morgan fingerprint density at radius 1 is 1.47 bits per heavy atom. The number of rotatable bonds is 4. The zero-order valence-corrected chi connectivity index (χ0v) is 10.4.